The van der Waals surface area contributed by atoms with Crippen molar-refractivity contribution in [3.05, 3.63) is 166 Å². The number of aryl methyl sites for hydroxylation is 2. The van der Waals surface area contributed by atoms with Crippen LogP contribution in [0.2, 0.25) is 0 Å². The van der Waals surface area contributed by atoms with Crippen molar-refractivity contribution in [3.63, 3.8) is 0 Å². The summed E-state index contributed by atoms with van der Waals surface area (Å²) in [5.41, 5.74) is 14.4. The Morgan fingerprint density at radius 2 is 1.28 bits per heavy atom. The van der Waals surface area contributed by atoms with Gasteiger partial charge in [-0.2, -0.15) is 5.26 Å². The van der Waals surface area contributed by atoms with E-state index in [1.165, 1.54) is 55.4 Å². The van der Waals surface area contributed by atoms with Crippen molar-refractivity contribution in [1.29, 1.82) is 5.26 Å². The minimum atomic E-state index is 0.0375. The molecule has 0 aromatic heterocycles. The Morgan fingerprint density at radius 3 is 1.90 bits per heavy atom. The van der Waals surface area contributed by atoms with Gasteiger partial charge in [-0.3, -0.25) is 0 Å². The lowest BCUT2D eigenvalue weighted by atomic mass is 9.64. The Hall–Kier alpha value is -5.85. The van der Waals surface area contributed by atoms with Crippen LogP contribution < -0.4 is 9.80 Å². The van der Waals surface area contributed by atoms with E-state index in [0.717, 1.165) is 51.7 Å². The number of allylic oxidation sites excluding steroid dienone is 7. The second kappa shape index (κ2) is 15.0. The van der Waals surface area contributed by atoms with Gasteiger partial charge in [0, 0.05) is 39.5 Å². The van der Waals surface area contributed by atoms with Crippen molar-refractivity contribution in [2.24, 2.45) is 16.7 Å². The molecule has 6 aromatic carbocycles. The van der Waals surface area contributed by atoms with Crippen LogP contribution in [0.3, 0.4) is 0 Å². The van der Waals surface area contributed by atoms with Crippen molar-refractivity contribution < 1.29 is 0 Å². The van der Waals surface area contributed by atoms with Crippen molar-refractivity contribution in [2.75, 3.05) is 9.80 Å². The van der Waals surface area contributed by atoms with E-state index in [2.05, 4.69) is 214 Å². The lowest BCUT2D eigenvalue weighted by molar-refractivity contribution is 0.169. The third kappa shape index (κ3) is 7.15. The highest BCUT2D eigenvalue weighted by Crippen LogP contribution is 2.50. The third-order valence-corrected chi connectivity index (χ3v) is 14.0. The Labute approximate surface area is 359 Å². The molecule has 0 amide bonds. The van der Waals surface area contributed by atoms with Crippen LogP contribution in [0.5, 0.6) is 0 Å². The van der Waals surface area contributed by atoms with Crippen LogP contribution in [0.1, 0.15) is 104 Å². The average molecular weight is 788 g/mol. The first-order valence-corrected chi connectivity index (χ1v) is 21.8. The largest absolute Gasteiger partial charge is 0.314 e. The number of anilines is 4. The van der Waals surface area contributed by atoms with Crippen LogP contribution in [-0.2, 0) is 5.41 Å². The zero-order valence-corrected chi connectivity index (χ0v) is 37.9. The first-order valence-electron chi connectivity index (χ1n) is 21.8. The van der Waals surface area contributed by atoms with Crippen LogP contribution >= 0.6 is 0 Å². The van der Waals surface area contributed by atoms with Crippen LogP contribution in [0.15, 0.2) is 144 Å². The smallest absolute Gasteiger partial charge is 0.0991 e. The van der Waals surface area contributed by atoms with Gasteiger partial charge in [-0.25, -0.2) is 0 Å². The van der Waals surface area contributed by atoms with E-state index in [4.69, 9.17) is 0 Å². The van der Waals surface area contributed by atoms with Gasteiger partial charge in [-0.15, -0.1) is 0 Å². The monoisotopic (exact) mass is 787 g/mol. The fourth-order valence-electron chi connectivity index (χ4n) is 9.17. The van der Waals surface area contributed by atoms with Crippen LogP contribution in [0.25, 0.3) is 32.3 Å². The van der Waals surface area contributed by atoms with Crippen molar-refractivity contribution in [1.82, 2.24) is 0 Å². The fourth-order valence-corrected chi connectivity index (χ4v) is 9.17. The summed E-state index contributed by atoms with van der Waals surface area (Å²) in [7, 11) is 0. The van der Waals surface area contributed by atoms with E-state index in [1.54, 1.807) is 0 Å². The van der Waals surface area contributed by atoms with Gasteiger partial charge in [-0.05, 0) is 156 Å². The molecule has 2 aliphatic carbocycles. The molecule has 0 heterocycles. The molecular weight excluding hydrogens is 727 g/mol. The molecule has 2 aliphatic rings. The number of nitrogens with zero attached hydrogens (tertiary/aromatic N) is 3. The van der Waals surface area contributed by atoms with E-state index >= 15 is 0 Å². The number of hydrogen-bond donors (Lipinski definition) is 0. The first kappa shape index (κ1) is 40.9. The van der Waals surface area contributed by atoms with E-state index in [9.17, 15) is 5.26 Å². The summed E-state index contributed by atoms with van der Waals surface area (Å²) in [6.07, 6.45) is 11.7. The molecule has 0 radical (unpaired) electrons. The Kier molecular flexibility index (Phi) is 10.2. The molecule has 3 heteroatoms. The van der Waals surface area contributed by atoms with Crippen molar-refractivity contribution in [2.45, 2.75) is 101 Å². The predicted molar refractivity (Wildman–Crippen MR) is 259 cm³/mol. The van der Waals surface area contributed by atoms with Gasteiger partial charge in [0.2, 0.25) is 0 Å². The minimum absolute atomic E-state index is 0.0375. The first-order chi connectivity index (χ1) is 28.4. The molecule has 0 bridgehead atoms. The fraction of sp³-hybridized carbons (Fsp3) is 0.316. The summed E-state index contributed by atoms with van der Waals surface area (Å²) in [6, 6.07) is 38.4. The van der Waals surface area contributed by atoms with Gasteiger partial charge in [0.15, 0.2) is 0 Å². The van der Waals surface area contributed by atoms with Crippen molar-refractivity contribution >= 4 is 55.1 Å². The maximum atomic E-state index is 10.4. The quantitative estimate of drug-likeness (QED) is 0.158. The number of benzene rings is 6. The summed E-state index contributed by atoms with van der Waals surface area (Å²) < 4.78 is 0. The minimum Gasteiger partial charge on any atom is -0.314 e. The summed E-state index contributed by atoms with van der Waals surface area (Å²) in [4.78, 5) is 4.98. The maximum absolute atomic E-state index is 10.4. The number of rotatable bonds is 6. The molecule has 6 aromatic rings. The highest BCUT2D eigenvalue weighted by molar-refractivity contribution is 6.24. The standard InChI is InChI=1S/C57H61N3/c1-36-17-21-45(30-38(36)3)59(43-22-19-42(20-23-43)55(6,7)8)53-34-51-49-32-41(35-58)18-24-48(49)54(33-50(51)46-15-13-14-16-47(46)53)60(52-31-39(4)37(2)29-40(52)5)44-25-27-57(12,28-26-44)56(9,10)11/h13-27,30-34,40H,28-29H2,1-12H3. The predicted octanol–water partition coefficient (Wildman–Crippen LogP) is 16.4. The Bertz CT molecular complexity index is 2860. The second-order valence-corrected chi connectivity index (χ2v) is 20.0. The SMILES string of the molecule is CC1=C(C)CC(C)C(N(C2=CCC(C)(C(C)(C)C)C=C2)c2cc3c4ccccc4c(N(c4ccc(C(C)(C)C)cc4)c4ccc(C)c(C)c4)cc3c3cc(C#N)ccc23)=C1. The lowest BCUT2D eigenvalue weighted by Crippen LogP contribution is -2.34. The van der Waals surface area contributed by atoms with Gasteiger partial charge in [-0.1, -0.05) is 127 Å². The summed E-state index contributed by atoms with van der Waals surface area (Å²) in [6.45, 7) is 27.5. The van der Waals surface area contributed by atoms with E-state index < -0.39 is 0 Å². The summed E-state index contributed by atoms with van der Waals surface area (Å²) >= 11 is 0. The molecule has 3 nitrogen and oxygen atoms in total. The van der Waals surface area contributed by atoms with E-state index in [-0.39, 0.29) is 16.2 Å². The summed E-state index contributed by atoms with van der Waals surface area (Å²) in [5, 5.41) is 17.3. The van der Waals surface area contributed by atoms with Gasteiger partial charge in [0.1, 0.15) is 0 Å². The zero-order chi connectivity index (χ0) is 42.9. The highest BCUT2D eigenvalue weighted by atomic mass is 15.2. The van der Waals surface area contributed by atoms with Crippen LogP contribution in [-0.4, -0.2) is 0 Å². The number of hydrogen-bond acceptors (Lipinski definition) is 3. The molecule has 0 aliphatic heterocycles. The third-order valence-electron chi connectivity index (χ3n) is 14.0. The molecule has 304 valence electrons. The van der Waals surface area contributed by atoms with Gasteiger partial charge >= 0.3 is 0 Å². The van der Waals surface area contributed by atoms with Crippen molar-refractivity contribution in [3.8, 4) is 6.07 Å². The Morgan fingerprint density at radius 1 is 0.667 bits per heavy atom. The Balaban J connectivity index is 1.45. The van der Waals surface area contributed by atoms with E-state index in [0.29, 0.717) is 11.5 Å². The lowest BCUT2D eigenvalue weighted by Gasteiger charge is -2.43. The highest BCUT2D eigenvalue weighted by Gasteiger charge is 2.37. The maximum Gasteiger partial charge on any atom is 0.0991 e. The normalized spacial score (nSPS) is 18.5. The number of nitriles is 1. The molecule has 0 saturated heterocycles. The van der Waals surface area contributed by atoms with Gasteiger partial charge in [0.05, 0.1) is 23.0 Å². The molecule has 0 fully saturated rings. The molecule has 2 atom stereocenters. The van der Waals surface area contributed by atoms with Gasteiger partial charge in [0.25, 0.3) is 0 Å². The topological polar surface area (TPSA) is 30.3 Å². The van der Waals surface area contributed by atoms with Gasteiger partial charge < -0.3 is 9.80 Å². The molecule has 0 spiro atoms. The molecular formula is C57H61N3. The molecule has 60 heavy (non-hydrogen) atoms. The molecule has 8 rings (SSSR count). The zero-order valence-electron chi connectivity index (χ0n) is 37.9. The molecule has 0 N–H and O–H groups in total. The van der Waals surface area contributed by atoms with Crippen LogP contribution in [0, 0.1) is 41.9 Å². The number of fused-ring (bicyclic) bond motifs is 5. The van der Waals surface area contributed by atoms with Crippen LogP contribution in [0.4, 0.5) is 22.7 Å². The van der Waals surface area contributed by atoms with E-state index in [1.807, 2.05) is 6.07 Å². The second-order valence-electron chi connectivity index (χ2n) is 20.0. The molecule has 0 saturated carbocycles. The average Bonchev–Trinajstić information content (AvgIpc) is 3.21. The summed E-state index contributed by atoms with van der Waals surface area (Å²) in [5.74, 6) is 0.318. The molecule has 2 unspecified atom stereocenters.